The molecule has 1 fully saturated rings. The number of nitrogens with zero attached hydrogens (tertiary/aromatic N) is 1. The zero-order valence-corrected chi connectivity index (χ0v) is 10.4. The van der Waals surface area contributed by atoms with E-state index in [9.17, 15) is 14.4 Å². The number of nitrogens with one attached hydrogen (secondary N) is 1. The van der Waals surface area contributed by atoms with E-state index in [1.165, 1.54) is 18.0 Å². The van der Waals surface area contributed by atoms with Crippen LogP contribution in [0.5, 0.6) is 0 Å². The van der Waals surface area contributed by atoms with Crippen LogP contribution in [0.2, 0.25) is 0 Å². The number of aliphatic carboxylic acids is 1. The molecule has 0 aliphatic carbocycles. The number of amides is 2. The van der Waals surface area contributed by atoms with Gasteiger partial charge in [-0.05, 0) is 24.6 Å². The number of carboxylic acids is 1. The average molecular weight is 262 g/mol. The lowest BCUT2D eigenvalue weighted by Crippen LogP contribution is -2.38. The van der Waals surface area contributed by atoms with E-state index in [1.54, 1.807) is 18.2 Å². The van der Waals surface area contributed by atoms with E-state index in [0.29, 0.717) is 17.7 Å². The first-order valence-electron chi connectivity index (χ1n) is 5.91. The SMILES string of the molecule is CNC(=O)c1cccc(N2C(=O)CC[C@H]2C(=O)O)c1. The molecule has 1 saturated heterocycles. The van der Waals surface area contributed by atoms with Crippen molar-refractivity contribution in [3.63, 3.8) is 0 Å². The van der Waals surface area contributed by atoms with Gasteiger partial charge >= 0.3 is 5.97 Å². The standard InChI is InChI=1S/C13H14N2O4/c1-14-12(17)8-3-2-4-9(7-8)15-10(13(18)19)5-6-11(15)16/h2-4,7,10H,5-6H2,1H3,(H,14,17)(H,18,19)/t10-/m0/s1. The van der Waals surface area contributed by atoms with Crippen LogP contribution in [0.25, 0.3) is 0 Å². The Kier molecular flexibility index (Phi) is 3.50. The van der Waals surface area contributed by atoms with Crippen LogP contribution < -0.4 is 10.2 Å². The largest absolute Gasteiger partial charge is 0.480 e. The lowest BCUT2D eigenvalue weighted by Gasteiger charge is -2.22. The Balaban J connectivity index is 2.37. The summed E-state index contributed by atoms with van der Waals surface area (Å²) in [6.45, 7) is 0. The minimum atomic E-state index is -1.03. The molecule has 0 aromatic heterocycles. The number of carboxylic acid groups (broad SMARTS) is 1. The second-order valence-electron chi connectivity index (χ2n) is 4.29. The second kappa shape index (κ2) is 5.09. The van der Waals surface area contributed by atoms with Gasteiger partial charge in [0.1, 0.15) is 6.04 Å². The van der Waals surface area contributed by atoms with Crippen molar-refractivity contribution in [2.75, 3.05) is 11.9 Å². The third kappa shape index (κ3) is 2.42. The second-order valence-corrected chi connectivity index (χ2v) is 4.29. The molecule has 1 aliphatic rings. The maximum absolute atomic E-state index is 11.8. The van der Waals surface area contributed by atoms with Crippen LogP contribution in [0, 0.1) is 0 Å². The van der Waals surface area contributed by atoms with Crippen LogP contribution in [0.1, 0.15) is 23.2 Å². The summed E-state index contributed by atoms with van der Waals surface area (Å²) in [5.41, 5.74) is 0.833. The molecule has 1 heterocycles. The highest BCUT2D eigenvalue weighted by Crippen LogP contribution is 2.27. The van der Waals surface area contributed by atoms with Crippen LogP contribution in [-0.2, 0) is 9.59 Å². The number of rotatable bonds is 3. The monoisotopic (exact) mass is 262 g/mol. The zero-order chi connectivity index (χ0) is 14.0. The van der Waals surface area contributed by atoms with E-state index in [-0.39, 0.29) is 18.2 Å². The highest BCUT2D eigenvalue weighted by molar-refractivity contribution is 6.03. The fourth-order valence-electron chi connectivity index (χ4n) is 2.18. The van der Waals surface area contributed by atoms with Crippen molar-refractivity contribution in [2.45, 2.75) is 18.9 Å². The number of carbonyl (C=O) groups is 3. The third-order valence-electron chi connectivity index (χ3n) is 3.11. The van der Waals surface area contributed by atoms with E-state index < -0.39 is 12.0 Å². The van der Waals surface area contributed by atoms with E-state index in [4.69, 9.17) is 5.11 Å². The Hall–Kier alpha value is -2.37. The van der Waals surface area contributed by atoms with Crippen LogP contribution >= 0.6 is 0 Å². The molecular weight excluding hydrogens is 248 g/mol. The lowest BCUT2D eigenvalue weighted by molar-refractivity contribution is -0.138. The van der Waals surface area contributed by atoms with Crippen molar-refractivity contribution in [2.24, 2.45) is 0 Å². The summed E-state index contributed by atoms with van der Waals surface area (Å²) in [5.74, 6) is -1.54. The molecule has 1 aliphatic heterocycles. The predicted octanol–water partition coefficient (Wildman–Crippen LogP) is 0.626. The highest BCUT2D eigenvalue weighted by atomic mass is 16.4. The van der Waals surface area contributed by atoms with E-state index in [0.717, 1.165) is 0 Å². The summed E-state index contributed by atoms with van der Waals surface area (Å²) < 4.78 is 0. The number of benzene rings is 1. The lowest BCUT2D eigenvalue weighted by atomic mass is 10.1. The Labute approximate surface area is 110 Å². The molecule has 1 atom stereocenters. The van der Waals surface area contributed by atoms with Crippen LogP contribution in [0.3, 0.4) is 0 Å². The van der Waals surface area contributed by atoms with E-state index in [2.05, 4.69) is 5.32 Å². The van der Waals surface area contributed by atoms with Gasteiger partial charge in [-0.2, -0.15) is 0 Å². The maximum atomic E-state index is 11.8. The Morgan fingerprint density at radius 2 is 2.16 bits per heavy atom. The summed E-state index contributed by atoms with van der Waals surface area (Å²) in [7, 11) is 1.51. The molecule has 100 valence electrons. The first-order valence-corrected chi connectivity index (χ1v) is 5.91. The molecule has 2 amide bonds. The molecule has 0 bridgehead atoms. The summed E-state index contributed by atoms with van der Waals surface area (Å²) >= 11 is 0. The van der Waals surface area contributed by atoms with Gasteiger partial charge in [0.2, 0.25) is 5.91 Å². The van der Waals surface area contributed by atoms with Gasteiger partial charge in [-0.3, -0.25) is 14.5 Å². The van der Waals surface area contributed by atoms with Gasteiger partial charge in [0.25, 0.3) is 5.91 Å². The molecule has 0 radical (unpaired) electrons. The topological polar surface area (TPSA) is 86.7 Å². The Morgan fingerprint density at radius 3 is 2.79 bits per heavy atom. The molecule has 6 heteroatoms. The highest BCUT2D eigenvalue weighted by Gasteiger charge is 2.37. The van der Waals surface area contributed by atoms with E-state index in [1.807, 2.05) is 0 Å². The summed E-state index contributed by atoms with van der Waals surface area (Å²) in [6, 6.07) is 5.54. The van der Waals surface area contributed by atoms with Crippen molar-refractivity contribution in [3.8, 4) is 0 Å². The molecule has 1 aromatic rings. The predicted molar refractivity (Wildman–Crippen MR) is 68.0 cm³/mol. The maximum Gasteiger partial charge on any atom is 0.326 e. The van der Waals surface area contributed by atoms with Crippen molar-refractivity contribution in [3.05, 3.63) is 29.8 Å². The van der Waals surface area contributed by atoms with Gasteiger partial charge in [-0.15, -0.1) is 0 Å². The van der Waals surface area contributed by atoms with Crippen molar-refractivity contribution >= 4 is 23.5 Å². The van der Waals surface area contributed by atoms with Crippen LogP contribution in [-0.4, -0.2) is 36.0 Å². The quantitative estimate of drug-likeness (QED) is 0.836. The van der Waals surface area contributed by atoms with Gasteiger partial charge in [-0.1, -0.05) is 6.07 Å². The smallest absolute Gasteiger partial charge is 0.326 e. The third-order valence-corrected chi connectivity index (χ3v) is 3.11. The molecule has 6 nitrogen and oxygen atoms in total. The Morgan fingerprint density at radius 1 is 1.42 bits per heavy atom. The van der Waals surface area contributed by atoms with Gasteiger partial charge in [0.05, 0.1) is 0 Å². The van der Waals surface area contributed by atoms with Gasteiger partial charge in [0, 0.05) is 24.7 Å². The number of hydrogen-bond donors (Lipinski definition) is 2. The van der Waals surface area contributed by atoms with E-state index >= 15 is 0 Å². The van der Waals surface area contributed by atoms with Gasteiger partial charge < -0.3 is 10.4 Å². The number of hydrogen-bond acceptors (Lipinski definition) is 3. The van der Waals surface area contributed by atoms with Crippen LogP contribution in [0.15, 0.2) is 24.3 Å². The minimum Gasteiger partial charge on any atom is -0.480 e. The molecular formula is C13H14N2O4. The Bertz CT molecular complexity index is 541. The van der Waals surface area contributed by atoms with Crippen LogP contribution in [0.4, 0.5) is 5.69 Å². The minimum absolute atomic E-state index is 0.209. The number of carbonyl (C=O) groups excluding carboxylic acids is 2. The van der Waals surface area contributed by atoms with Gasteiger partial charge in [0.15, 0.2) is 0 Å². The van der Waals surface area contributed by atoms with Crippen molar-refractivity contribution in [1.29, 1.82) is 0 Å². The zero-order valence-electron chi connectivity index (χ0n) is 10.4. The summed E-state index contributed by atoms with van der Waals surface area (Å²) in [6.07, 6.45) is 0.500. The summed E-state index contributed by atoms with van der Waals surface area (Å²) in [5, 5.41) is 11.6. The fourth-order valence-corrected chi connectivity index (χ4v) is 2.18. The summed E-state index contributed by atoms with van der Waals surface area (Å²) in [4.78, 5) is 35.7. The average Bonchev–Trinajstić information content (AvgIpc) is 2.80. The molecule has 2 rings (SSSR count). The molecule has 0 unspecified atom stereocenters. The normalized spacial score (nSPS) is 18.5. The van der Waals surface area contributed by atoms with Crippen molar-refractivity contribution in [1.82, 2.24) is 5.32 Å². The molecule has 1 aromatic carbocycles. The first kappa shape index (κ1) is 13.1. The van der Waals surface area contributed by atoms with Gasteiger partial charge in [-0.25, -0.2) is 4.79 Å². The molecule has 0 saturated carbocycles. The first-order chi connectivity index (χ1) is 9.04. The molecule has 19 heavy (non-hydrogen) atoms. The fraction of sp³-hybridized carbons (Fsp3) is 0.308. The number of anilines is 1. The molecule has 2 N–H and O–H groups in total. The van der Waals surface area contributed by atoms with Crippen molar-refractivity contribution < 1.29 is 19.5 Å². The molecule has 0 spiro atoms.